The van der Waals surface area contributed by atoms with Crippen LogP contribution in [-0.4, -0.2) is 51.0 Å². The number of rotatable bonds is 2. The molecule has 1 amide bonds. The van der Waals surface area contributed by atoms with Gasteiger partial charge in [0.1, 0.15) is 5.60 Å². The summed E-state index contributed by atoms with van der Waals surface area (Å²) in [6, 6.07) is 0. The van der Waals surface area contributed by atoms with Crippen LogP contribution in [0.5, 0.6) is 0 Å². The van der Waals surface area contributed by atoms with Gasteiger partial charge in [-0.15, -0.1) is 0 Å². The molecule has 0 aliphatic carbocycles. The molecule has 1 heterocycles. The highest BCUT2D eigenvalue weighted by Crippen LogP contribution is 2.49. The van der Waals surface area contributed by atoms with Crippen LogP contribution in [0.15, 0.2) is 0 Å². The summed E-state index contributed by atoms with van der Waals surface area (Å²) < 4.78 is 5.38. The van der Waals surface area contributed by atoms with Crippen LogP contribution >= 0.6 is 0 Å². The Kier molecular flexibility index (Phi) is 4.88. The van der Waals surface area contributed by atoms with Crippen LogP contribution in [0.25, 0.3) is 0 Å². The Bertz CT molecular complexity index is 448. The van der Waals surface area contributed by atoms with Crippen molar-refractivity contribution < 1.29 is 24.5 Å². The van der Waals surface area contributed by atoms with Crippen molar-refractivity contribution in [2.75, 3.05) is 6.54 Å². The van der Waals surface area contributed by atoms with Gasteiger partial charge in [0, 0.05) is 5.92 Å². The quantitative estimate of drug-likeness (QED) is 0.817. The van der Waals surface area contributed by atoms with Crippen LogP contribution in [0.4, 0.5) is 4.79 Å². The number of carbonyl (C=O) groups is 2. The Balaban J connectivity index is 3.42. The van der Waals surface area contributed by atoms with Gasteiger partial charge >= 0.3 is 12.1 Å². The van der Waals surface area contributed by atoms with E-state index in [9.17, 15) is 19.8 Å². The first kappa shape index (κ1) is 18.7. The van der Waals surface area contributed by atoms with E-state index in [1.165, 1.54) is 4.90 Å². The molecule has 1 rings (SSSR count). The van der Waals surface area contributed by atoms with Gasteiger partial charge in [-0.1, -0.05) is 27.7 Å². The second kappa shape index (κ2) is 5.72. The van der Waals surface area contributed by atoms with Crippen LogP contribution in [0, 0.1) is 11.3 Å². The maximum absolute atomic E-state index is 12.6. The summed E-state index contributed by atoms with van der Waals surface area (Å²) in [5.74, 6) is -1.65. The largest absolute Gasteiger partial charge is 0.479 e. The third-order valence-electron chi connectivity index (χ3n) is 4.32. The summed E-state index contributed by atoms with van der Waals surface area (Å²) in [7, 11) is 0. The van der Waals surface area contributed by atoms with Crippen molar-refractivity contribution in [2.24, 2.45) is 11.3 Å². The summed E-state index contributed by atoms with van der Waals surface area (Å²) in [6.07, 6.45) is -1.11. The molecule has 2 N–H and O–H groups in total. The monoisotopic (exact) mass is 315 g/mol. The maximum atomic E-state index is 12.6. The predicted octanol–water partition coefficient (Wildman–Crippen LogP) is 2.49. The van der Waals surface area contributed by atoms with E-state index in [4.69, 9.17) is 4.74 Å². The van der Waals surface area contributed by atoms with Crippen LogP contribution in [0.1, 0.15) is 54.9 Å². The van der Waals surface area contributed by atoms with E-state index < -0.39 is 40.6 Å². The highest BCUT2D eigenvalue weighted by Gasteiger charge is 2.66. The molecule has 0 aromatic rings. The van der Waals surface area contributed by atoms with E-state index in [0.29, 0.717) is 6.42 Å². The zero-order valence-electron chi connectivity index (χ0n) is 14.6. The lowest BCUT2D eigenvalue weighted by atomic mass is 9.65. The minimum atomic E-state index is -1.50. The summed E-state index contributed by atoms with van der Waals surface area (Å²) >= 11 is 0. The molecule has 1 saturated heterocycles. The second-order valence-electron chi connectivity index (χ2n) is 7.99. The van der Waals surface area contributed by atoms with Gasteiger partial charge in [0.05, 0.1) is 12.6 Å². The van der Waals surface area contributed by atoms with Gasteiger partial charge in [-0.2, -0.15) is 0 Å². The third-order valence-corrected chi connectivity index (χ3v) is 4.32. The number of hydrogen-bond donors (Lipinski definition) is 2. The smallest absolute Gasteiger partial charge is 0.411 e. The van der Waals surface area contributed by atoms with Gasteiger partial charge < -0.3 is 14.9 Å². The minimum absolute atomic E-state index is 0.0308. The van der Waals surface area contributed by atoms with E-state index in [-0.39, 0.29) is 6.54 Å². The van der Waals surface area contributed by atoms with Crippen molar-refractivity contribution in [1.29, 1.82) is 0 Å². The van der Waals surface area contributed by atoms with E-state index in [1.807, 2.05) is 6.92 Å². The minimum Gasteiger partial charge on any atom is -0.479 e. The fourth-order valence-electron chi connectivity index (χ4n) is 3.60. The molecule has 3 atom stereocenters. The Morgan fingerprint density at radius 2 is 1.73 bits per heavy atom. The average Bonchev–Trinajstić information content (AvgIpc) is 2.59. The molecular formula is C16H29NO5. The first-order chi connectivity index (χ1) is 9.79. The number of nitrogens with zero attached hydrogens (tertiary/aromatic N) is 1. The van der Waals surface area contributed by atoms with Crippen LogP contribution in [-0.2, 0) is 9.53 Å². The summed E-state index contributed by atoms with van der Waals surface area (Å²) in [5, 5.41) is 20.3. The first-order valence-corrected chi connectivity index (χ1v) is 7.71. The van der Waals surface area contributed by atoms with Crippen LogP contribution in [0.3, 0.4) is 0 Å². The zero-order valence-corrected chi connectivity index (χ0v) is 14.6. The molecule has 0 aromatic heterocycles. The van der Waals surface area contributed by atoms with Crippen molar-refractivity contribution in [2.45, 2.75) is 72.1 Å². The Morgan fingerprint density at radius 3 is 2.05 bits per heavy atom. The van der Waals surface area contributed by atoms with Gasteiger partial charge in [0.25, 0.3) is 0 Å². The Labute approximate surface area is 132 Å². The number of aliphatic hydroxyl groups excluding tert-OH is 1. The zero-order chi connectivity index (χ0) is 17.5. The normalized spacial score (nSPS) is 29.5. The van der Waals surface area contributed by atoms with Crippen molar-refractivity contribution >= 4 is 12.1 Å². The van der Waals surface area contributed by atoms with Crippen LogP contribution < -0.4 is 0 Å². The van der Waals surface area contributed by atoms with Crippen molar-refractivity contribution in [3.05, 3.63) is 0 Å². The molecule has 1 aliphatic heterocycles. The van der Waals surface area contributed by atoms with E-state index >= 15 is 0 Å². The molecule has 6 heteroatoms. The number of β-amino-alcohol motifs (C(OH)–C–C–N with tert-alkyl or cyclic N) is 1. The highest BCUT2D eigenvalue weighted by molar-refractivity contribution is 5.87. The molecule has 0 spiro atoms. The summed E-state index contributed by atoms with van der Waals surface area (Å²) in [4.78, 5) is 26.0. The summed E-state index contributed by atoms with van der Waals surface area (Å²) in [5.41, 5.74) is -2.98. The Morgan fingerprint density at radius 1 is 1.23 bits per heavy atom. The number of carbonyl (C=O) groups excluding carboxylic acids is 1. The van der Waals surface area contributed by atoms with E-state index in [0.717, 1.165) is 0 Å². The lowest BCUT2D eigenvalue weighted by Crippen LogP contribution is -2.64. The number of aliphatic hydroxyl groups is 1. The number of ether oxygens (including phenoxy) is 1. The maximum Gasteiger partial charge on any atom is 0.411 e. The molecule has 128 valence electrons. The molecule has 1 fully saturated rings. The van der Waals surface area contributed by atoms with Gasteiger partial charge in [0.2, 0.25) is 0 Å². The van der Waals surface area contributed by atoms with Gasteiger partial charge in [-0.3, -0.25) is 4.90 Å². The number of hydrogen-bond acceptors (Lipinski definition) is 4. The lowest BCUT2D eigenvalue weighted by Gasteiger charge is -2.47. The number of likely N-dealkylation sites (tertiary alicyclic amines) is 1. The topological polar surface area (TPSA) is 87.1 Å². The van der Waals surface area contributed by atoms with Gasteiger partial charge in [-0.05, 0) is 32.6 Å². The third kappa shape index (κ3) is 2.93. The Hall–Kier alpha value is -1.30. The van der Waals surface area contributed by atoms with Crippen LogP contribution in [0.2, 0.25) is 0 Å². The standard InChI is InChI=1S/C16H29NO5/c1-8-10-11(18)9-17(13(21)22-15(5,6)7)16(10,12(19)20)14(2,3)4/h10-11,18H,8-9H2,1-7H3,(H,19,20)/t10-,11-,16+/m1/s1. The summed E-state index contributed by atoms with van der Waals surface area (Å²) in [6.45, 7) is 12.3. The fourth-order valence-corrected chi connectivity index (χ4v) is 3.60. The van der Waals surface area contributed by atoms with Gasteiger partial charge in [0.15, 0.2) is 5.54 Å². The molecular weight excluding hydrogens is 286 g/mol. The molecule has 22 heavy (non-hydrogen) atoms. The van der Waals surface area contributed by atoms with Gasteiger partial charge in [-0.25, -0.2) is 9.59 Å². The molecule has 0 aromatic carbocycles. The molecule has 0 radical (unpaired) electrons. The second-order valence-corrected chi connectivity index (χ2v) is 7.99. The number of aliphatic carboxylic acids is 1. The average molecular weight is 315 g/mol. The number of carboxylic acid groups (broad SMARTS) is 1. The highest BCUT2D eigenvalue weighted by atomic mass is 16.6. The fraction of sp³-hybridized carbons (Fsp3) is 0.875. The molecule has 0 unspecified atom stereocenters. The van der Waals surface area contributed by atoms with Crippen molar-refractivity contribution in [3.63, 3.8) is 0 Å². The molecule has 6 nitrogen and oxygen atoms in total. The van der Waals surface area contributed by atoms with Crippen molar-refractivity contribution in [1.82, 2.24) is 4.90 Å². The lowest BCUT2D eigenvalue weighted by molar-refractivity contribution is -0.161. The first-order valence-electron chi connectivity index (χ1n) is 7.71. The molecule has 0 saturated carbocycles. The molecule has 0 bridgehead atoms. The predicted molar refractivity (Wildman–Crippen MR) is 82.5 cm³/mol. The van der Waals surface area contributed by atoms with E-state index in [2.05, 4.69) is 0 Å². The molecule has 1 aliphatic rings. The SMILES string of the molecule is CC[C@@H]1[C@H](O)CN(C(=O)OC(C)(C)C)[C@@]1(C(=O)O)C(C)(C)C. The number of amides is 1. The van der Waals surface area contributed by atoms with E-state index in [1.54, 1.807) is 41.5 Å². The number of carboxylic acids is 1. The van der Waals surface area contributed by atoms with Crippen molar-refractivity contribution in [3.8, 4) is 0 Å².